The summed E-state index contributed by atoms with van der Waals surface area (Å²) >= 11 is 0. The van der Waals surface area contributed by atoms with E-state index in [2.05, 4.69) is 4.99 Å². The van der Waals surface area contributed by atoms with Gasteiger partial charge in [0.2, 0.25) is 0 Å². The predicted octanol–water partition coefficient (Wildman–Crippen LogP) is -0.0640. The van der Waals surface area contributed by atoms with E-state index in [1.165, 1.54) is 0 Å². The number of rotatable bonds is 0. The largest absolute Gasteiger partial charge is 0.280 e. The van der Waals surface area contributed by atoms with Crippen LogP contribution in [0.1, 0.15) is 0 Å². The molecule has 0 fully saturated rings. The average molecular weight is 64.9 g/mol. The lowest BCUT2D eigenvalue weighted by molar-refractivity contribution is 1.65. The van der Waals surface area contributed by atoms with E-state index >= 15 is 0 Å². The lowest BCUT2D eigenvalue weighted by Gasteiger charge is -1.50. The Morgan fingerprint density at radius 2 is 2.60 bits per heavy atom. The maximum absolute atomic E-state index is 3.78. The molecule has 1 nitrogen and oxygen atoms in total. The molecule has 0 atom stereocenters. The van der Waals surface area contributed by atoms with Crippen LogP contribution in [0.3, 0.4) is 0 Å². The highest BCUT2D eigenvalue weighted by atomic mass is 14.7. The van der Waals surface area contributed by atoms with E-state index in [9.17, 15) is 0 Å². The van der Waals surface area contributed by atoms with Gasteiger partial charge in [-0.25, -0.2) is 0 Å². The summed E-state index contributed by atoms with van der Waals surface area (Å²) in [4.78, 5) is 3.78. The van der Waals surface area contributed by atoms with Crippen LogP contribution in [-0.4, -0.2) is 13.4 Å². The minimum absolute atomic E-state index is 1.03. The second kappa shape index (κ2) is 1.06. The summed E-state index contributed by atoms with van der Waals surface area (Å²) in [5.41, 5.74) is 0. The highest BCUT2D eigenvalue weighted by molar-refractivity contribution is 6.73. The molecule has 1 aliphatic heterocycles. The summed E-state index contributed by atoms with van der Waals surface area (Å²) in [6.07, 6.45) is 3.68. The fraction of sp³-hybridized carbons (Fsp3) is 0. The molecular formula is C3H4BN. The van der Waals surface area contributed by atoms with E-state index in [0.717, 1.165) is 7.28 Å². The monoisotopic (exact) mass is 65.0 g/mol. The molecule has 5 heavy (non-hydrogen) atoms. The standard InChI is InChI=1S/C3H4BN/c1-2-5-3-4-1/h1-4H. The lowest BCUT2D eigenvalue weighted by Crippen LogP contribution is -1.74. The second-order valence-electron chi connectivity index (χ2n) is 0.952. The first-order valence-corrected chi connectivity index (χ1v) is 1.67. The van der Waals surface area contributed by atoms with Crippen LogP contribution in [0.25, 0.3) is 0 Å². The van der Waals surface area contributed by atoms with Gasteiger partial charge in [0.1, 0.15) is 0 Å². The van der Waals surface area contributed by atoms with Crippen LogP contribution in [0, 0.1) is 0 Å². The summed E-state index contributed by atoms with van der Waals surface area (Å²) in [6, 6.07) is 0. The van der Waals surface area contributed by atoms with Crippen LogP contribution in [0.15, 0.2) is 17.2 Å². The van der Waals surface area contributed by atoms with E-state index in [1.54, 1.807) is 6.20 Å². The summed E-state index contributed by atoms with van der Waals surface area (Å²) in [5, 5.41) is 0. The molecule has 0 saturated carbocycles. The van der Waals surface area contributed by atoms with Crippen LogP contribution < -0.4 is 0 Å². The number of hydrogen-bond acceptors (Lipinski definition) is 1. The van der Waals surface area contributed by atoms with E-state index in [4.69, 9.17) is 0 Å². The SMILES string of the molecule is B1C=CN=C1. The van der Waals surface area contributed by atoms with Gasteiger partial charge in [0.25, 0.3) is 0 Å². The Hall–Kier alpha value is -0.525. The molecule has 0 aromatic rings. The van der Waals surface area contributed by atoms with Gasteiger partial charge in [-0.05, 0) is 6.11 Å². The zero-order chi connectivity index (χ0) is 3.54. The van der Waals surface area contributed by atoms with Crippen molar-refractivity contribution in [3.63, 3.8) is 0 Å². The molecule has 0 bridgehead atoms. The van der Waals surface area contributed by atoms with Crippen LogP contribution in [0.2, 0.25) is 0 Å². The third kappa shape index (κ3) is 0.378. The van der Waals surface area contributed by atoms with Gasteiger partial charge in [-0.15, -0.1) is 0 Å². The number of nitrogens with zero attached hydrogens (tertiary/aromatic N) is 1. The molecule has 0 aliphatic carbocycles. The minimum atomic E-state index is 1.03. The van der Waals surface area contributed by atoms with Crippen molar-refractivity contribution in [1.82, 2.24) is 0 Å². The van der Waals surface area contributed by atoms with Crippen molar-refractivity contribution in [2.75, 3.05) is 0 Å². The third-order valence-corrected chi connectivity index (χ3v) is 0.538. The van der Waals surface area contributed by atoms with Gasteiger partial charge in [0.15, 0.2) is 7.28 Å². The molecule has 1 aliphatic rings. The highest BCUT2D eigenvalue weighted by Gasteiger charge is 1.77. The molecule has 2 heteroatoms. The van der Waals surface area contributed by atoms with Crippen LogP contribution in [-0.2, 0) is 0 Å². The molecule has 24 valence electrons. The first kappa shape index (κ1) is 2.70. The molecule has 1 rings (SSSR count). The Morgan fingerprint density at radius 3 is 2.80 bits per heavy atom. The Morgan fingerprint density at radius 1 is 1.60 bits per heavy atom. The van der Waals surface area contributed by atoms with Gasteiger partial charge in [-0.3, -0.25) is 4.99 Å². The molecule has 0 spiro atoms. The van der Waals surface area contributed by atoms with Crippen molar-refractivity contribution in [3.05, 3.63) is 12.2 Å². The van der Waals surface area contributed by atoms with Gasteiger partial charge >= 0.3 is 0 Å². The van der Waals surface area contributed by atoms with Gasteiger partial charge in [-0.1, -0.05) is 5.98 Å². The number of aliphatic imine (C=N–C) groups is 1. The van der Waals surface area contributed by atoms with Gasteiger partial charge in [0, 0.05) is 6.20 Å². The normalized spacial score (nSPS) is 16.0. The lowest BCUT2D eigenvalue weighted by atomic mass is 9.83. The summed E-state index contributed by atoms with van der Waals surface area (Å²) in [7, 11) is 1.03. The van der Waals surface area contributed by atoms with E-state index in [-0.39, 0.29) is 0 Å². The van der Waals surface area contributed by atoms with Crippen molar-refractivity contribution >= 4 is 13.4 Å². The topological polar surface area (TPSA) is 12.4 Å². The van der Waals surface area contributed by atoms with Crippen molar-refractivity contribution in [3.8, 4) is 0 Å². The molecule has 0 aromatic carbocycles. The summed E-state index contributed by atoms with van der Waals surface area (Å²) in [6.45, 7) is 0. The van der Waals surface area contributed by atoms with Crippen LogP contribution in [0.5, 0.6) is 0 Å². The third-order valence-electron chi connectivity index (χ3n) is 0.538. The molecule has 0 saturated heterocycles. The maximum atomic E-state index is 3.78. The molecule has 0 N–H and O–H groups in total. The van der Waals surface area contributed by atoms with Crippen LogP contribution in [0.4, 0.5) is 0 Å². The molecule has 0 amide bonds. The summed E-state index contributed by atoms with van der Waals surface area (Å²) in [5.74, 6) is 2.01. The number of hydrogen-bond donors (Lipinski definition) is 0. The van der Waals surface area contributed by atoms with E-state index < -0.39 is 0 Å². The van der Waals surface area contributed by atoms with Crippen molar-refractivity contribution in [2.24, 2.45) is 4.99 Å². The predicted molar refractivity (Wildman–Crippen MR) is 24.8 cm³/mol. The van der Waals surface area contributed by atoms with Gasteiger partial charge < -0.3 is 0 Å². The molecule has 0 aromatic heterocycles. The fourth-order valence-electron chi connectivity index (χ4n) is 0.304. The van der Waals surface area contributed by atoms with Crippen LogP contribution >= 0.6 is 0 Å². The Labute approximate surface area is 31.7 Å². The first-order valence-electron chi connectivity index (χ1n) is 1.67. The molecule has 0 radical (unpaired) electrons. The van der Waals surface area contributed by atoms with Crippen molar-refractivity contribution < 1.29 is 0 Å². The zero-order valence-electron chi connectivity index (χ0n) is 2.89. The van der Waals surface area contributed by atoms with E-state index in [1.807, 2.05) is 12.1 Å². The quantitative estimate of drug-likeness (QED) is 0.350. The Balaban J connectivity index is 2.61. The van der Waals surface area contributed by atoms with Gasteiger partial charge in [0.05, 0.1) is 0 Å². The van der Waals surface area contributed by atoms with Gasteiger partial charge in [-0.2, -0.15) is 0 Å². The van der Waals surface area contributed by atoms with Crippen molar-refractivity contribution in [1.29, 1.82) is 0 Å². The zero-order valence-corrected chi connectivity index (χ0v) is 2.89. The average Bonchev–Trinajstić information content (AvgIpc) is 1.76. The Bertz CT molecular complexity index is 65.0. The second-order valence-corrected chi connectivity index (χ2v) is 0.952. The fourth-order valence-corrected chi connectivity index (χ4v) is 0.304. The van der Waals surface area contributed by atoms with E-state index in [0.29, 0.717) is 0 Å². The molecule has 0 unspecified atom stereocenters. The first-order chi connectivity index (χ1) is 2.50. The minimum Gasteiger partial charge on any atom is -0.280 e. The molecular weight excluding hydrogens is 60.9 g/mol. The van der Waals surface area contributed by atoms with Crippen molar-refractivity contribution in [2.45, 2.75) is 0 Å². The smallest absolute Gasteiger partial charge is 0.199 e. The molecule has 1 heterocycles. The maximum Gasteiger partial charge on any atom is 0.199 e. The highest BCUT2D eigenvalue weighted by Crippen LogP contribution is 1.76. The summed E-state index contributed by atoms with van der Waals surface area (Å²) < 4.78 is 0. The Kier molecular flexibility index (Phi) is 0.574.